The van der Waals surface area contributed by atoms with Crippen molar-refractivity contribution in [2.45, 2.75) is 39.6 Å². The van der Waals surface area contributed by atoms with E-state index in [2.05, 4.69) is 24.8 Å². The predicted molar refractivity (Wildman–Crippen MR) is 103 cm³/mol. The van der Waals surface area contributed by atoms with E-state index < -0.39 is 24.9 Å². The van der Waals surface area contributed by atoms with E-state index >= 15 is 0 Å². The van der Waals surface area contributed by atoms with Crippen LogP contribution in [0.1, 0.15) is 20.8 Å². The number of anilines is 2. The van der Waals surface area contributed by atoms with E-state index in [1.807, 2.05) is 0 Å². The molecule has 1 amide bonds. The lowest BCUT2D eigenvalue weighted by Gasteiger charge is -2.19. The van der Waals surface area contributed by atoms with Gasteiger partial charge in [-0.3, -0.25) is 5.32 Å². The van der Waals surface area contributed by atoms with E-state index in [1.165, 1.54) is 36.4 Å². The van der Waals surface area contributed by atoms with Crippen molar-refractivity contribution in [3.8, 4) is 11.8 Å². The second-order valence-corrected chi connectivity index (χ2v) is 6.15. The van der Waals surface area contributed by atoms with E-state index in [0.717, 1.165) is 0 Å². The Bertz CT molecular complexity index is 794. The van der Waals surface area contributed by atoms with Crippen molar-refractivity contribution in [3.05, 3.63) is 36.4 Å². The predicted octanol–water partition coefficient (Wildman–Crippen LogP) is 4.72. The van der Waals surface area contributed by atoms with Crippen LogP contribution in [-0.4, -0.2) is 34.9 Å². The highest BCUT2D eigenvalue weighted by atomic mass is 35.5. The van der Waals surface area contributed by atoms with Gasteiger partial charge in [0.15, 0.2) is 0 Å². The largest absolute Gasteiger partial charge is 0.444 e. The third-order valence-electron chi connectivity index (χ3n) is 2.52. The number of carbonyl (C=O) groups excluding carboxylic acids is 1. The van der Waals surface area contributed by atoms with E-state index in [-0.39, 0.29) is 35.8 Å². The molecule has 2 heterocycles. The van der Waals surface area contributed by atoms with Crippen molar-refractivity contribution in [3.63, 3.8) is 0 Å². The molecule has 0 spiro atoms. The Hall–Kier alpha value is -3.02. The van der Waals surface area contributed by atoms with Gasteiger partial charge in [-0.1, -0.05) is 12.1 Å². The first-order chi connectivity index (χ1) is 13.4. The number of hydrogen-bond donors (Lipinski definition) is 2. The first-order valence-corrected chi connectivity index (χ1v) is 8.04. The lowest BCUT2D eigenvalue weighted by molar-refractivity contribution is -0.0534. The van der Waals surface area contributed by atoms with Gasteiger partial charge >= 0.3 is 19.3 Å². The zero-order valence-electron chi connectivity index (χ0n) is 16.1. The molecule has 2 rings (SSSR count). The van der Waals surface area contributed by atoms with Crippen molar-refractivity contribution >= 4 is 30.1 Å². The molecule has 0 aromatic carbocycles. The SMILES string of the molecule is CC(C)(C)OC(=O)Nc1cccc(OC(F)F)n1.Cl.Nc1cccc(OC(F)F)n1. The molecule has 0 fully saturated rings. The van der Waals surface area contributed by atoms with Crippen LogP contribution in [0.5, 0.6) is 11.8 Å². The fourth-order valence-electron chi connectivity index (χ4n) is 1.64. The molecular weight excluding hydrogens is 436 g/mol. The maximum atomic E-state index is 12.0. The maximum Gasteiger partial charge on any atom is 0.413 e. The summed E-state index contributed by atoms with van der Waals surface area (Å²) in [5, 5.41) is 2.31. The van der Waals surface area contributed by atoms with E-state index in [9.17, 15) is 22.4 Å². The van der Waals surface area contributed by atoms with Gasteiger partial charge in [0.2, 0.25) is 11.8 Å². The van der Waals surface area contributed by atoms with Crippen LogP contribution in [-0.2, 0) is 4.74 Å². The number of ether oxygens (including phenoxy) is 3. The third kappa shape index (κ3) is 12.4. The molecule has 0 aliphatic heterocycles. The van der Waals surface area contributed by atoms with Crippen LogP contribution in [0.2, 0.25) is 0 Å². The number of halogens is 5. The maximum absolute atomic E-state index is 12.0. The highest BCUT2D eigenvalue weighted by Gasteiger charge is 2.17. The monoisotopic (exact) mass is 456 g/mol. The molecule has 13 heteroatoms. The molecule has 2 aromatic heterocycles. The first-order valence-electron chi connectivity index (χ1n) is 8.04. The number of carbonyl (C=O) groups is 1. The van der Waals surface area contributed by atoms with Gasteiger partial charge < -0.3 is 19.9 Å². The van der Waals surface area contributed by atoms with E-state index in [0.29, 0.717) is 0 Å². The molecule has 0 unspecified atom stereocenters. The van der Waals surface area contributed by atoms with Crippen LogP contribution in [0.25, 0.3) is 0 Å². The first kappa shape index (κ1) is 27.0. The molecule has 2 aromatic rings. The fourth-order valence-corrected chi connectivity index (χ4v) is 1.64. The van der Waals surface area contributed by atoms with Gasteiger partial charge in [0.05, 0.1) is 0 Å². The molecule has 0 bridgehead atoms. The molecule has 0 saturated heterocycles. The zero-order valence-corrected chi connectivity index (χ0v) is 17.0. The molecule has 0 aliphatic rings. The summed E-state index contributed by atoms with van der Waals surface area (Å²) in [7, 11) is 0. The molecule has 0 saturated carbocycles. The summed E-state index contributed by atoms with van der Waals surface area (Å²) in [4.78, 5) is 18.6. The van der Waals surface area contributed by atoms with Crippen molar-refractivity contribution in [2.75, 3.05) is 11.1 Å². The van der Waals surface area contributed by atoms with Crippen LogP contribution in [0.3, 0.4) is 0 Å². The Morgan fingerprint density at radius 2 is 1.47 bits per heavy atom. The lowest BCUT2D eigenvalue weighted by atomic mass is 10.2. The summed E-state index contributed by atoms with van der Waals surface area (Å²) in [5.41, 5.74) is 4.55. The Morgan fingerprint density at radius 1 is 0.967 bits per heavy atom. The molecule has 0 atom stereocenters. The van der Waals surface area contributed by atoms with Crippen LogP contribution >= 0.6 is 12.4 Å². The Kier molecular flexibility index (Phi) is 11.3. The van der Waals surface area contributed by atoms with E-state index in [4.69, 9.17) is 10.5 Å². The molecule has 8 nitrogen and oxygen atoms in total. The van der Waals surface area contributed by atoms with Crippen molar-refractivity contribution < 1.29 is 36.6 Å². The molecule has 3 N–H and O–H groups in total. The van der Waals surface area contributed by atoms with Gasteiger partial charge in [0.25, 0.3) is 0 Å². The number of pyridine rings is 2. The molecule has 0 aliphatic carbocycles. The smallest absolute Gasteiger partial charge is 0.413 e. The number of nitrogen functional groups attached to an aromatic ring is 1. The number of aromatic nitrogens is 2. The molecule has 168 valence electrons. The lowest BCUT2D eigenvalue weighted by Crippen LogP contribution is -2.27. The number of nitrogens with zero attached hydrogens (tertiary/aromatic N) is 2. The van der Waals surface area contributed by atoms with Gasteiger partial charge in [-0.05, 0) is 32.9 Å². The summed E-state index contributed by atoms with van der Waals surface area (Å²) < 4.78 is 60.1. The number of nitrogens with one attached hydrogen (secondary N) is 1. The van der Waals surface area contributed by atoms with Crippen molar-refractivity contribution in [1.82, 2.24) is 9.97 Å². The Balaban J connectivity index is 0.000000603. The van der Waals surface area contributed by atoms with Gasteiger partial charge in [-0.2, -0.15) is 27.5 Å². The highest BCUT2D eigenvalue weighted by molar-refractivity contribution is 5.85. The molecule has 30 heavy (non-hydrogen) atoms. The van der Waals surface area contributed by atoms with Gasteiger partial charge in [0, 0.05) is 12.1 Å². The van der Waals surface area contributed by atoms with Crippen LogP contribution < -0.4 is 20.5 Å². The minimum absolute atomic E-state index is 0. The number of hydrogen-bond acceptors (Lipinski definition) is 7. The average Bonchev–Trinajstić information content (AvgIpc) is 2.52. The highest BCUT2D eigenvalue weighted by Crippen LogP contribution is 2.15. The average molecular weight is 457 g/mol. The summed E-state index contributed by atoms with van der Waals surface area (Å²) >= 11 is 0. The number of rotatable bonds is 5. The van der Waals surface area contributed by atoms with Gasteiger partial charge in [-0.25, -0.2) is 4.79 Å². The quantitative estimate of drug-likeness (QED) is 0.627. The third-order valence-corrected chi connectivity index (χ3v) is 2.52. The summed E-state index contributed by atoms with van der Waals surface area (Å²) in [6.45, 7) is -0.707. The second kappa shape index (κ2) is 12.5. The normalized spacial score (nSPS) is 10.4. The molecule has 0 radical (unpaired) electrons. The Labute approximate surface area is 176 Å². The van der Waals surface area contributed by atoms with Crippen molar-refractivity contribution in [2.24, 2.45) is 0 Å². The zero-order chi connectivity index (χ0) is 22.0. The van der Waals surface area contributed by atoms with E-state index in [1.54, 1.807) is 20.8 Å². The Morgan fingerprint density at radius 3 is 1.93 bits per heavy atom. The minimum Gasteiger partial charge on any atom is -0.444 e. The minimum atomic E-state index is -2.96. The number of nitrogens with two attached hydrogens (primary N) is 1. The summed E-state index contributed by atoms with van der Waals surface area (Å²) in [6.07, 6.45) is -0.718. The number of alkyl halides is 4. The van der Waals surface area contributed by atoms with Crippen LogP contribution in [0.4, 0.5) is 34.0 Å². The standard InChI is InChI=1S/C11H14F2N2O3.C6H6F2N2O.ClH/c1-11(2,3)18-10(16)15-7-5-4-6-8(14-7)17-9(12)13;7-6(8)11-5-3-1-2-4(9)10-5;/h4-6,9H,1-3H3,(H,14,15,16);1-3,6H,(H2,9,10);1H. The van der Waals surface area contributed by atoms with Gasteiger partial charge in [-0.15, -0.1) is 12.4 Å². The molecular formula is C17H21ClF4N4O4. The second-order valence-electron chi connectivity index (χ2n) is 6.15. The summed E-state index contributed by atoms with van der Waals surface area (Å²) in [5.74, 6) is -0.218. The van der Waals surface area contributed by atoms with Crippen molar-refractivity contribution in [1.29, 1.82) is 0 Å². The summed E-state index contributed by atoms with van der Waals surface area (Å²) in [6, 6.07) is 8.40. The van der Waals surface area contributed by atoms with Gasteiger partial charge in [0.1, 0.15) is 17.2 Å². The topological polar surface area (TPSA) is 109 Å². The number of amides is 1. The van der Waals surface area contributed by atoms with Crippen LogP contribution in [0, 0.1) is 0 Å². The van der Waals surface area contributed by atoms with Crippen LogP contribution in [0.15, 0.2) is 36.4 Å². The fraction of sp³-hybridized carbons (Fsp3) is 0.353.